The molecular weight excluding hydrogens is 426 g/mol. The second-order valence-electron chi connectivity index (χ2n) is 6.65. The molecule has 3 aromatic rings. The van der Waals surface area contributed by atoms with E-state index in [2.05, 4.69) is 30.8 Å². The van der Waals surface area contributed by atoms with E-state index in [1.54, 1.807) is 7.05 Å². The number of rotatable bonds is 4. The lowest BCUT2D eigenvalue weighted by molar-refractivity contribution is 0.0361. The minimum atomic E-state index is -0.413. The highest BCUT2D eigenvalue weighted by atomic mass is 79.9. The fourth-order valence-corrected chi connectivity index (χ4v) is 3.80. The molecule has 1 aromatic carbocycles. The van der Waals surface area contributed by atoms with E-state index in [0.29, 0.717) is 36.6 Å². The molecule has 1 saturated heterocycles. The Bertz CT molecular complexity index is 1120. The summed E-state index contributed by atoms with van der Waals surface area (Å²) >= 11 is 3.42. The van der Waals surface area contributed by atoms with Gasteiger partial charge in [0.05, 0.1) is 13.2 Å². The standard InChI is InChI=1S/C19H20BrN5O3/c1-23-17-15(21-14(16(20)22-17)13-5-3-2-4-6-13)18(26)25(19(23)27)8-7-24-9-11-28-12-10-24/h2-6H,7-12H2,1H3. The molecule has 0 spiro atoms. The second-order valence-corrected chi connectivity index (χ2v) is 7.40. The van der Waals surface area contributed by atoms with Crippen molar-refractivity contribution < 1.29 is 4.74 Å². The van der Waals surface area contributed by atoms with E-state index in [1.807, 2.05) is 30.3 Å². The van der Waals surface area contributed by atoms with Crippen molar-refractivity contribution in [2.24, 2.45) is 7.05 Å². The fraction of sp³-hybridized carbons (Fsp3) is 0.368. The third kappa shape index (κ3) is 3.52. The van der Waals surface area contributed by atoms with Gasteiger partial charge in [0, 0.05) is 38.8 Å². The number of hydrogen-bond donors (Lipinski definition) is 0. The van der Waals surface area contributed by atoms with Crippen molar-refractivity contribution in [3.8, 4) is 11.3 Å². The highest BCUT2D eigenvalue weighted by Crippen LogP contribution is 2.25. The summed E-state index contributed by atoms with van der Waals surface area (Å²) in [7, 11) is 1.61. The van der Waals surface area contributed by atoms with Gasteiger partial charge in [0.1, 0.15) is 10.3 Å². The molecule has 1 aliphatic rings. The second kappa shape index (κ2) is 7.94. The zero-order valence-electron chi connectivity index (χ0n) is 15.5. The number of halogens is 1. The highest BCUT2D eigenvalue weighted by Gasteiger charge is 2.18. The monoisotopic (exact) mass is 445 g/mol. The molecule has 0 unspecified atom stereocenters. The Hall–Kier alpha value is -2.36. The predicted molar refractivity (Wildman–Crippen MR) is 109 cm³/mol. The molecular formula is C19H20BrN5O3. The van der Waals surface area contributed by atoms with Crippen molar-refractivity contribution in [3.05, 3.63) is 55.8 Å². The van der Waals surface area contributed by atoms with Gasteiger partial charge >= 0.3 is 5.69 Å². The van der Waals surface area contributed by atoms with Crippen LogP contribution in [0.15, 0.2) is 44.5 Å². The summed E-state index contributed by atoms with van der Waals surface area (Å²) in [6.07, 6.45) is 0. The lowest BCUT2D eigenvalue weighted by atomic mass is 10.2. The van der Waals surface area contributed by atoms with Gasteiger partial charge in [-0.1, -0.05) is 30.3 Å². The van der Waals surface area contributed by atoms with Crippen molar-refractivity contribution in [2.75, 3.05) is 32.8 Å². The Labute approximate surface area is 169 Å². The molecule has 3 heterocycles. The van der Waals surface area contributed by atoms with E-state index in [-0.39, 0.29) is 16.9 Å². The van der Waals surface area contributed by atoms with Crippen LogP contribution in [-0.4, -0.2) is 56.9 Å². The maximum Gasteiger partial charge on any atom is 0.332 e. The Morgan fingerprint density at radius 3 is 2.50 bits per heavy atom. The van der Waals surface area contributed by atoms with Gasteiger partial charge in [0.2, 0.25) is 0 Å². The molecule has 0 aliphatic carbocycles. The Morgan fingerprint density at radius 2 is 1.79 bits per heavy atom. The quantitative estimate of drug-likeness (QED) is 0.600. The molecule has 4 rings (SSSR count). The molecule has 0 saturated carbocycles. The largest absolute Gasteiger partial charge is 0.379 e. The van der Waals surface area contributed by atoms with Crippen LogP contribution in [0.2, 0.25) is 0 Å². The van der Waals surface area contributed by atoms with Crippen LogP contribution in [0, 0.1) is 0 Å². The molecule has 28 heavy (non-hydrogen) atoms. The van der Waals surface area contributed by atoms with E-state index < -0.39 is 5.56 Å². The first kappa shape index (κ1) is 19.0. The van der Waals surface area contributed by atoms with E-state index in [0.717, 1.165) is 18.7 Å². The molecule has 1 fully saturated rings. The number of aryl methyl sites for hydroxylation is 1. The van der Waals surface area contributed by atoms with Gasteiger partial charge in [0.25, 0.3) is 5.56 Å². The average molecular weight is 446 g/mol. The molecule has 0 atom stereocenters. The number of ether oxygens (including phenoxy) is 1. The van der Waals surface area contributed by atoms with Gasteiger partial charge in [-0.2, -0.15) is 0 Å². The van der Waals surface area contributed by atoms with E-state index in [9.17, 15) is 9.59 Å². The van der Waals surface area contributed by atoms with Gasteiger partial charge in [-0.3, -0.25) is 18.8 Å². The molecule has 2 aromatic heterocycles. The first-order valence-electron chi connectivity index (χ1n) is 9.09. The number of morpholine rings is 1. The summed E-state index contributed by atoms with van der Waals surface area (Å²) in [5.74, 6) is 0. The normalized spacial score (nSPS) is 15.2. The predicted octanol–water partition coefficient (Wildman–Crippen LogP) is 1.25. The van der Waals surface area contributed by atoms with Crippen LogP contribution in [0.4, 0.5) is 0 Å². The molecule has 0 N–H and O–H groups in total. The first-order valence-corrected chi connectivity index (χ1v) is 9.88. The number of nitrogens with zero attached hydrogens (tertiary/aromatic N) is 5. The Balaban J connectivity index is 1.79. The number of hydrogen-bond acceptors (Lipinski definition) is 6. The van der Waals surface area contributed by atoms with Gasteiger partial charge in [-0.05, 0) is 15.9 Å². The van der Waals surface area contributed by atoms with Crippen LogP contribution in [0.5, 0.6) is 0 Å². The van der Waals surface area contributed by atoms with Crippen molar-refractivity contribution in [3.63, 3.8) is 0 Å². The third-order valence-corrected chi connectivity index (χ3v) is 5.46. The number of benzene rings is 1. The van der Waals surface area contributed by atoms with Crippen molar-refractivity contribution in [1.82, 2.24) is 24.0 Å². The molecule has 1 aliphatic heterocycles. The van der Waals surface area contributed by atoms with Crippen LogP contribution in [-0.2, 0) is 18.3 Å². The summed E-state index contributed by atoms with van der Waals surface area (Å²) in [4.78, 5) is 37.0. The summed E-state index contributed by atoms with van der Waals surface area (Å²) in [5, 5.41) is 0. The van der Waals surface area contributed by atoms with Crippen LogP contribution < -0.4 is 11.2 Å². The van der Waals surface area contributed by atoms with Crippen molar-refractivity contribution >= 4 is 27.1 Å². The van der Waals surface area contributed by atoms with E-state index >= 15 is 0 Å². The summed E-state index contributed by atoms with van der Waals surface area (Å²) in [5.41, 5.74) is 1.07. The highest BCUT2D eigenvalue weighted by molar-refractivity contribution is 9.10. The Kier molecular flexibility index (Phi) is 5.38. The van der Waals surface area contributed by atoms with Crippen LogP contribution >= 0.6 is 15.9 Å². The summed E-state index contributed by atoms with van der Waals surface area (Å²) < 4.78 is 8.46. The smallest absolute Gasteiger partial charge is 0.332 e. The molecule has 146 valence electrons. The van der Waals surface area contributed by atoms with Crippen LogP contribution in [0.3, 0.4) is 0 Å². The topological polar surface area (TPSA) is 82.3 Å². The minimum absolute atomic E-state index is 0.186. The summed E-state index contributed by atoms with van der Waals surface area (Å²) in [6, 6.07) is 9.51. The van der Waals surface area contributed by atoms with Gasteiger partial charge in [-0.25, -0.2) is 14.8 Å². The number of fused-ring (bicyclic) bond motifs is 1. The maximum absolute atomic E-state index is 13.1. The van der Waals surface area contributed by atoms with Crippen LogP contribution in [0.1, 0.15) is 0 Å². The van der Waals surface area contributed by atoms with Gasteiger partial charge in [0.15, 0.2) is 11.2 Å². The zero-order valence-corrected chi connectivity index (χ0v) is 17.1. The minimum Gasteiger partial charge on any atom is -0.379 e. The molecule has 0 radical (unpaired) electrons. The van der Waals surface area contributed by atoms with E-state index in [1.165, 1.54) is 9.13 Å². The lowest BCUT2D eigenvalue weighted by Crippen LogP contribution is -2.44. The lowest BCUT2D eigenvalue weighted by Gasteiger charge is -2.26. The average Bonchev–Trinajstić information content (AvgIpc) is 2.73. The zero-order chi connectivity index (χ0) is 19.7. The van der Waals surface area contributed by atoms with E-state index in [4.69, 9.17) is 4.74 Å². The molecule has 0 bridgehead atoms. The third-order valence-electron chi connectivity index (χ3n) is 4.91. The van der Waals surface area contributed by atoms with Crippen molar-refractivity contribution in [1.29, 1.82) is 0 Å². The van der Waals surface area contributed by atoms with Crippen LogP contribution in [0.25, 0.3) is 22.4 Å². The first-order chi connectivity index (χ1) is 13.6. The van der Waals surface area contributed by atoms with Gasteiger partial charge < -0.3 is 4.74 Å². The number of aromatic nitrogens is 4. The molecule has 0 amide bonds. The fourth-order valence-electron chi connectivity index (χ4n) is 3.31. The molecule has 9 heteroatoms. The Morgan fingerprint density at radius 1 is 1.07 bits per heavy atom. The summed E-state index contributed by atoms with van der Waals surface area (Å²) in [6.45, 7) is 3.86. The molecule has 8 nitrogen and oxygen atoms in total. The maximum atomic E-state index is 13.1. The van der Waals surface area contributed by atoms with Gasteiger partial charge in [-0.15, -0.1) is 0 Å². The van der Waals surface area contributed by atoms with Crippen molar-refractivity contribution in [2.45, 2.75) is 6.54 Å². The SMILES string of the molecule is Cn1c(=O)n(CCN2CCOCC2)c(=O)c2nc(-c3ccccc3)c(Br)nc21.